The maximum Gasteiger partial charge on any atom is 0.294 e. The lowest BCUT2D eigenvalue weighted by molar-refractivity contribution is -0.137. The van der Waals surface area contributed by atoms with Crippen LogP contribution in [0.15, 0.2) is 4.99 Å². The number of hydrogen-bond acceptors (Lipinski definition) is 3. The van der Waals surface area contributed by atoms with Crippen molar-refractivity contribution in [2.24, 2.45) is 10.7 Å². The van der Waals surface area contributed by atoms with Gasteiger partial charge < -0.3 is 10.5 Å². The molecular weight excluding hydrogens is 132 g/mol. The number of amides is 1. The van der Waals surface area contributed by atoms with Crippen LogP contribution < -0.4 is 5.73 Å². The van der Waals surface area contributed by atoms with Crippen LogP contribution in [-0.4, -0.2) is 17.5 Å². The Kier molecular flexibility index (Phi) is 0.859. The number of carbonyl (C=O) groups is 1. The fourth-order valence-corrected chi connectivity index (χ4v) is 1.28. The summed E-state index contributed by atoms with van der Waals surface area (Å²) in [7, 11) is 0. The van der Waals surface area contributed by atoms with Crippen molar-refractivity contribution in [3.8, 4) is 0 Å². The number of nitrogens with two attached hydrogens (primary N) is 1. The van der Waals surface area contributed by atoms with E-state index in [9.17, 15) is 4.79 Å². The molecule has 10 heavy (non-hydrogen) atoms. The summed E-state index contributed by atoms with van der Waals surface area (Å²) in [6, 6.07) is 0.0321. The van der Waals surface area contributed by atoms with E-state index in [1.807, 2.05) is 0 Å². The molecule has 1 heterocycles. The van der Waals surface area contributed by atoms with Crippen LogP contribution in [-0.2, 0) is 9.53 Å². The molecule has 54 valence electrons. The van der Waals surface area contributed by atoms with Gasteiger partial charge in [-0.2, -0.15) is 4.99 Å². The molecule has 0 radical (unpaired) electrons. The zero-order chi connectivity index (χ0) is 7.19. The van der Waals surface area contributed by atoms with E-state index < -0.39 is 5.60 Å². The highest BCUT2D eigenvalue weighted by Gasteiger charge is 2.50. The average Bonchev–Trinajstić information content (AvgIpc) is 2.04. The van der Waals surface area contributed by atoms with Gasteiger partial charge in [0.15, 0.2) is 5.60 Å². The van der Waals surface area contributed by atoms with E-state index in [0.29, 0.717) is 0 Å². The van der Waals surface area contributed by atoms with Gasteiger partial charge in [-0.15, -0.1) is 0 Å². The maximum absolute atomic E-state index is 11.0. The highest BCUT2D eigenvalue weighted by molar-refractivity contribution is 6.01. The van der Waals surface area contributed by atoms with Gasteiger partial charge >= 0.3 is 0 Å². The predicted octanol–water partition coefficient (Wildman–Crippen LogP) is -0.219. The molecule has 1 amide bonds. The smallest absolute Gasteiger partial charge is 0.294 e. The fourth-order valence-electron chi connectivity index (χ4n) is 1.28. The molecule has 2 aliphatic rings. The van der Waals surface area contributed by atoms with Gasteiger partial charge in [0.05, 0.1) is 0 Å². The number of amidine groups is 1. The van der Waals surface area contributed by atoms with Gasteiger partial charge in [0.25, 0.3) is 11.9 Å². The lowest BCUT2D eigenvalue weighted by Crippen LogP contribution is -2.44. The Labute approximate surface area is 58.1 Å². The Morgan fingerprint density at radius 3 is 2.50 bits per heavy atom. The minimum atomic E-state index is -0.621. The van der Waals surface area contributed by atoms with Crippen LogP contribution in [0.5, 0.6) is 0 Å². The van der Waals surface area contributed by atoms with Crippen molar-refractivity contribution in [2.75, 3.05) is 0 Å². The summed E-state index contributed by atoms with van der Waals surface area (Å²) in [5.74, 6) is -0.198. The van der Waals surface area contributed by atoms with Crippen LogP contribution in [0.3, 0.4) is 0 Å². The van der Waals surface area contributed by atoms with Gasteiger partial charge in [-0.1, -0.05) is 0 Å². The van der Waals surface area contributed by atoms with E-state index in [-0.39, 0.29) is 11.9 Å². The average molecular weight is 140 g/mol. The van der Waals surface area contributed by atoms with Gasteiger partial charge in [-0.05, 0) is 19.3 Å². The Morgan fingerprint density at radius 2 is 2.30 bits per heavy atom. The highest BCUT2D eigenvalue weighted by Crippen LogP contribution is 2.39. The monoisotopic (exact) mass is 140 g/mol. The van der Waals surface area contributed by atoms with Crippen molar-refractivity contribution in [2.45, 2.75) is 24.9 Å². The summed E-state index contributed by atoms with van der Waals surface area (Å²) in [6.07, 6.45) is 2.58. The maximum atomic E-state index is 11.0. The number of nitrogens with zero attached hydrogens (tertiary/aromatic N) is 1. The second-order valence-corrected chi connectivity index (χ2v) is 2.71. The second-order valence-electron chi connectivity index (χ2n) is 2.71. The lowest BCUT2D eigenvalue weighted by Gasteiger charge is -2.33. The molecule has 0 aromatic heterocycles. The van der Waals surface area contributed by atoms with Gasteiger partial charge in [-0.3, -0.25) is 4.79 Å². The Bertz CT molecular complexity index is 218. The molecule has 1 spiro atoms. The van der Waals surface area contributed by atoms with Gasteiger partial charge in [0.1, 0.15) is 0 Å². The summed E-state index contributed by atoms with van der Waals surface area (Å²) < 4.78 is 5.08. The van der Waals surface area contributed by atoms with Crippen molar-refractivity contribution in [3.05, 3.63) is 0 Å². The van der Waals surface area contributed by atoms with Crippen molar-refractivity contribution in [3.63, 3.8) is 0 Å². The van der Waals surface area contributed by atoms with Crippen molar-refractivity contribution in [1.29, 1.82) is 0 Å². The van der Waals surface area contributed by atoms with Gasteiger partial charge in [0.2, 0.25) is 0 Å². The number of ether oxygens (including phenoxy) is 1. The minimum absolute atomic E-state index is 0.0321. The first-order valence-electron chi connectivity index (χ1n) is 3.31. The van der Waals surface area contributed by atoms with E-state index >= 15 is 0 Å². The molecule has 0 atom stereocenters. The van der Waals surface area contributed by atoms with E-state index in [1.54, 1.807) is 0 Å². The van der Waals surface area contributed by atoms with Crippen LogP contribution in [0.2, 0.25) is 0 Å². The first kappa shape index (κ1) is 5.70. The number of carbonyl (C=O) groups excluding carboxylic acids is 1. The van der Waals surface area contributed by atoms with Crippen LogP contribution in [0.1, 0.15) is 19.3 Å². The molecule has 2 rings (SSSR count). The number of aliphatic imine (C=N–C) groups is 1. The molecular formula is C6H8N2O2. The molecule has 0 aromatic rings. The first-order valence-corrected chi connectivity index (χ1v) is 3.31. The van der Waals surface area contributed by atoms with Crippen molar-refractivity contribution >= 4 is 11.9 Å². The lowest BCUT2D eigenvalue weighted by atomic mass is 9.80. The highest BCUT2D eigenvalue weighted by atomic mass is 16.5. The SMILES string of the molecule is NC1=NC(=O)C2(CCC2)O1. The number of rotatable bonds is 0. The molecule has 4 nitrogen and oxygen atoms in total. The quantitative estimate of drug-likeness (QED) is 0.506. The summed E-state index contributed by atoms with van der Waals surface area (Å²) >= 11 is 0. The summed E-state index contributed by atoms with van der Waals surface area (Å²) in [5.41, 5.74) is 4.60. The van der Waals surface area contributed by atoms with Crippen LogP contribution in [0.25, 0.3) is 0 Å². The van der Waals surface area contributed by atoms with Gasteiger partial charge in [0, 0.05) is 0 Å². The van der Waals surface area contributed by atoms with Crippen LogP contribution in [0.4, 0.5) is 0 Å². The summed E-state index contributed by atoms with van der Waals surface area (Å²) in [6.45, 7) is 0. The molecule has 0 saturated heterocycles. The van der Waals surface area contributed by atoms with Crippen molar-refractivity contribution < 1.29 is 9.53 Å². The molecule has 0 aromatic carbocycles. The third-order valence-electron chi connectivity index (χ3n) is 2.06. The zero-order valence-electron chi connectivity index (χ0n) is 5.46. The van der Waals surface area contributed by atoms with Crippen molar-refractivity contribution in [1.82, 2.24) is 0 Å². The normalized spacial score (nSPS) is 27.6. The van der Waals surface area contributed by atoms with E-state index in [0.717, 1.165) is 19.3 Å². The molecule has 1 aliphatic carbocycles. The van der Waals surface area contributed by atoms with Crippen LogP contribution in [0, 0.1) is 0 Å². The van der Waals surface area contributed by atoms with Gasteiger partial charge in [-0.25, -0.2) is 0 Å². The summed E-state index contributed by atoms with van der Waals surface area (Å²) in [4.78, 5) is 14.5. The molecule has 1 fully saturated rings. The second kappa shape index (κ2) is 1.51. The third-order valence-corrected chi connectivity index (χ3v) is 2.06. The molecule has 2 N–H and O–H groups in total. The molecule has 0 bridgehead atoms. The Hall–Kier alpha value is -1.06. The first-order chi connectivity index (χ1) is 4.73. The molecule has 1 aliphatic heterocycles. The standard InChI is InChI=1S/C6H8N2O2/c7-5-8-4(9)6(10-5)2-1-3-6/h1-3H2,(H2,7,8,9). The molecule has 4 heteroatoms. The molecule has 1 saturated carbocycles. The van der Waals surface area contributed by atoms with E-state index in [2.05, 4.69) is 4.99 Å². The zero-order valence-corrected chi connectivity index (χ0v) is 5.46. The van der Waals surface area contributed by atoms with Crippen LogP contribution >= 0.6 is 0 Å². The number of hydrogen-bond donors (Lipinski definition) is 1. The topological polar surface area (TPSA) is 64.7 Å². The summed E-state index contributed by atoms with van der Waals surface area (Å²) in [5, 5.41) is 0. The molecule has 0 unspecified atom stereocenters. The Morgan fingerprint density at radius 1 is 1.60 bits per heavy atom. The van der Waals surface area contributed by atoms with E-state index in [4.69, 9.17) is 10.5 Å². The largest absolute Gasteiger partial charge is 0.448 e. The predicted molar refractivity (Wildman–Crippen MR) is 34.3 cm³/mol. The minimum Gasteiger partial charge on any atom is -0.448 e. The third kappa shape index (κ3) is 0.509. The van der Waals surface area contributed by atoms with E-state index in [1.165, 1.54) is 0 Å². The Balaban J connectivity index is 2.23. The fraction of sp³-hybridized carbons (Fsp3) is 0.667.